The second kappa shape index (κ2) is 14.8. The number of aromatic nitrogens is 2. The minimum Gasteiger partial charge on any atom is -0.309 e. The Morgan fingerprint density at radius 1 is 0.177 bits per heavy atom. The molecule has 0 amide bonds. The average molecular weight is 789 g/mol. The van der Waals surface area contributed by atoms with Gasteiger partial charge < -0.3 is 9.13 Å². The van der Waals surface area contributed by atoms with Crippen LogP contribution in [0.15, 0.2) is 243 Å². The van der Waals surface area contributed by atoms with Gasteiger partial charge in [0.2, 0.25) is 0 Å². The van der Waals surface area contributed by atoms with Gasteiger partial charge in [-0.1, -0.05) is 170 Å². The summed E-state index contributed by atoms with van der Waals surface area (Å²) >= 11 is 0. The summed E-state index contributed by atoms with van der Waals surface area (Å²) in [6.45, 7) is 0. The molecular weight excluding hydrogens is 749 g/mol. The number of fused-ring (bicyclic) bond motifs is 6. The van der Waals surface area contributed by atoms with Gasteiger partial charge in [0.25, 0.3) is 0 Å². The van der Waals surface area contributed by atoms with E-state index in [4.69, 9.17) is 0 Å². The van der Waals surface area contributed by atoms with Crippen molar-refractivity contribution in [1.82, 2.24) is 9.13 Å². The molecule has 10 aromatic carbocycles. The highest BCUT2D eigenvalue weighted by Gasteiger charge is 2.17. The summed E-state index contributed by atoms with van der Waals surface area (Å²) in [4.78, 5) is 0. The number of rotatable bonds is 7. The Kier molecular flexibility index (Phi) is 8.53. The number of hydrogen-bond donors (Lipinski definition) is 0. The first-order valence-electron chi connectivity index (χ1n) is 21.3. The topological polar surface area (TPSA) is 9.86 Å². The van der Waals surface area contributed by atoms with Crippen molar-refractivity contribution in [3.63, 3.8) is 0 Å². The lowest BCUT2D eigenvalue weighted by atomic mass is 9.97. The highest BCUT2D eigenvalue weighted by molar-refractivity contribution is 6.12. The van der Waals surface area contributed by atoms with E-state index in [1.807, 2.05) is 0 Å². The molecule has 12 rings (SSSR count). The molecule has 2 heterocycles. The first-order valence-corrected chi connectivity index (χ1v) is 21.3. The lowest BCUT2D eigenvalue weighted by molar-refractivity contribution is 1.18. The molecule has 0 fully saturated rings. The molecule has 2 heteroatoms. The Morgan fingerprint density at radius 3 is 1.02 bits per heavy atom. The van der Waals surface area contributed by atoms with E-state index in [9.17, 15) is 0 Å². The van der Waals surface area contributed by atoms with E-state index >= 15 is 0 Å². The summed E-state index contributed by atoms with van der Waals surface area (Å²) in [5.41, 5.74) is 19.1. The number of nitrogens with zero attached hydrogens (tertiary/aromatic N) is 2. The zero-order valence-corrected chi connectivity index (χ0v) is 34.0. The van der Waals surface area contributed by atoms with Gasteiger partial charge in [-0.15, -0.1) is 0 Å². The molecule has 0 saturated carbocycles. The second-order valence-corrected chi connectivity index (χ2v) is 16.2. The van der Waals surface area contributed by atoms with Crippen LogP contribution in [0.4, 0.5) is 0 Å². The summed E-state index contributed by atoms with van der Waals surface area (Å²) in [5, 5.41) is 4.97. The van der Waals surface area contributed by atoms with Gasteiger partial charge >= 0.3 is 0 Å². The van der Waals surface area contributed by atoms with Crippen LogP contribution in [0, 0.1) is 0 Å². The van der Waals surface area contributed by atoms with E-state index in [-0.39, 0.29) is 0 Å². The third kappa shape index (κ3) is 6.12. The van der Waals surface area contributed by atoms with Crippen LogP contribution in [0.25, 0.3) is 111 Å². The van der Waals surface area contributed by atoms with Gasteiger partial charge in [-0.2, -0.15) is 0 Å². The molecule has 0 bridgehead atoms. The molecule has 0 aliphatic rings. The molecule has 0 aliphatic carbocycles. The van der Waals surface area contributed by atoms with E-state index in [1.54, 1.807) is 0 Å². The highest BCUT2D eigenvalue weighted by atomic mass is 15.0. The molecule has 12 aromatic rings. The second-order valence-electron chi connectivity index (χ2n) is 16.2. The average Bonchev–Trinajstić information content (AvgIpc) is 3.87. The predicted octanol–water partition coefficient (Wildman–Crippen LogP) is 16.2. The minimum absolute atomic E-state index is 1.15. The molecule has 2 aromatic heterocycles. The molecule has 62 heavy (non-hydrogen) atoms. The van der Waals surface area contributed by atoms with Crippen molar-refractivity contribution in [2.75, 3.05) is 0 Å². The Bertz CT molecular complexity index is 3540. The van der Waals surface area contributed by atoms with Crippen molar-refractivity contribution in [2.24, 2.45) is 0 Å². The van der Waals surface area contributed by atoms with E-state index in [0.29, 0.717) is 0 Å². The third-order valence-electron chi connectivity index (χ3n) is 12.5. The largest absolute Gasteiger partial charge is 0.309 e. The Balaban J connectivity index is 0.948. The zero-order valence-electron chi connectivity index (χ0n) is 34.0. The summed E-state index contributed by atoms with van der Waals surface area (Å²) in [6, 6.07) is 88.4. The molecule has 0 aliphatic heterocycles. The molecule has 2 nitrogen and oxygen atoms in total. The maximum atomic E-state index is 2.44. The normalized spacial score (nSPS) is 11.5. The smallest absolute Gasteiger partial charge is 0.0541 e. The minimum atomic E-state index is 1.15. The van der Waals surface area contributed by atoms with Gasteiger partial charge in [-0.25, -0.2) is 0 Å². The van der Waals surface area contributed by atoms with Crippen LogP contribution in [0.5, 0.6) is 0 Å². The first-order chi connectivity index (χ1) is 30.7. The predicted molar refractivity (Wildman–Crippen MR) is 262 cm³/mol. The van der Waals surface area contributed by atoms with Crippen molar-refractivity contribution in [3.8, 4) is 67.0 Å². The Labute approximate surface area is 360 Å². The third-order valence-corrected chi connectivity index (χ3v) is 12.5. The van der Waals surface area contributed by atoms with E-state index in [2.05, 4.69) is 252 Å². The molecule has 0 unspecified atom stereocenters. The van der Waals surface area contributed by atoms with E-state index in [0.717, 1.165) is 11.4 Å². The quantitative estimate of drug-likeness (QED) is 0.152. The van der Waals surface area contributed by atoms with Gasteiger partial charge in [-0.05, 0) is 128 Å². The van der Waals surface area contributed by atoms with Crippen molar-refractivity contribution in [2.45, 2.75) is 0 Å². The zero-order chi connectivity index (χ0) is 41.0. The maximum absolute atomic E-state index is 2.44. The van der Waals surface area contributed by atoms with Crippen molar-refractivity contribution >= 4 is 43.6 Å². The summed E-state index contributed by atoms with van der Waals surface area (Å²) in [5.74, 6) is 0. The molecule has 290 valence electrons. The molecule has 0 saturated heterocycles. The van der Waals surface area contributed by atoms with Crippen LogP contribution in [0.3, 0.4) is 0 Å². The van der Waals surface area contributed by atoms with Crippen LogP contribution < -0.4 is 0 Å². The number of hydrogen-bond acceptors (Lipinski definition) is 0. The van der Waals surface area contributed by atoms with Crippen LogP contribution in [-0.2, 0) is 0 Å². The Morgan fingerprint density at radius 2 is 0.516 bits per heavy atom. The fourth-order valence-electron chi connectivity index (χ4n) is 9.51. The fraction of sp³-hybridized carbons (Fsp3) is 0. The fourth-order valence-corrected chi connectivity index (χ4v) is 9.51. The summed E-state index contributed by atoms with van der Waals surface area (Å²) < 4.78 is 4.83. The summed E-state index contributed by atoms with van der Waals surface area (Å²) in [6.07, 6.45) is 0. The number of benzene rings is 10. The van der Waals surface area contributed by atoms with Crippen LogP contribution in [0.2, 0.25) is 0 Å². The van der Waals surface area contributed by atoms with Crippen molar-refractivity contribution < 1.29 is 0 Å². The van der Waals surface area contributed by atoms with Gasteiger partial charge in [-0.3, -0.25) is 0 Å². The van der Waals surface area contributed by atoms with E-state index in [1.165, 1.54) is 99.2 Å². The maximum Gasteiger partial charge on any atom is 0.0541 e. The monoisotopic (exact) mass is 788 g/mol. The first kappa shape index (κ1) is 35.7. The van der Waals surface area contributed by atoms with Gasteiger partial charge in [0.15, 0.2) is 0 Å². The van der Waals surface area contributed by atoms with Gasteiger partial charge in [0.1, 0.15) is 0 Å². The SMILES string of the molecule is c1ccc(-c2ccc(-n3c4ccccc4c4cc(-c5cccc(-c6ccc7c(c6)c6ccccc6n7-c6cc(-c7ccccc7)cc(-c7ccccc7)c6)c5)ccc43)cc2)cc1. The lowest BCUT2D eigenvalue weighted by Gasteiger charge is -2.14. The Hall–Kier alpha value is -8.20. The van der Waals surface area contributed by atoms with Crippen LogP contribution in [0.1, 0.15) is 0 Å². The molecule has 0 radical (unpaired) electrons. The van der Waals surface area contributed by atoms with Gasteiger partial charge in [0.05, 0.1) is 22.1 Å². The van der Waals surface area contributed by atoms with Crippen molar-refractivity contribution in [1.29, 1.82) is 0 Å². The van der Waals surface area contributed by atoms with Crippen LogP contribution in [-0.4, -0.2) is 9.13 Å². The lowest BCUT2D eigenvalue weighted by Crippen LogP contribution is -1.96. The van der Waals surface area contributed by atoms with Gasteiger partial charge in [0, 0.05) is 32.9 Å². The number of para-hydroxylation sites is 2. The highest BCUT2D eigenvalue weighted by Crippen LogP contribution is 2.40. The standard InChI is InChI=1S/C60H40N2/c1-4-15-41(16-5-1)44-27-31-51(32-28-44)61-57-25-12-10-23-53(57)55-39-47(29-33-59(55)61)45-21-14-22-46(35-45)48-30-34-60-56(40-48)54-24-11-13-26-58(54)62(60)52-37-49(42-17-6-2-7-18-42)36-50(38-52)43-19-8-3-9-20-43/h1-40H. The van der Waals surface area contributed by atoms with Crippen LogP contribution >= 0.6 is 0 Å². The van der Waals surface area contributed by atoms with E-state index < -0.39 is 0 Å². The van der Waals surface area contributed by atoms with Crippen molar-refractivity contribution in [3.05, 3.63) is 243 Å². The molecule has 0 N–H and O–H groups in total. The summed E-state index contributed by atoms with van der Waals surface area (Å²) in [7, 11) is 0. The molecular formula is C60H40N2. The molecule has 0 spiro atoms. The molecule has 0 atom stereocenters.